The minimum Gasteiger partial charge on any atom is -0.314 e. The summed E-state index contributed by atoms with van der Waals surface area (Å²) in [4.78, 5) is 8.25. The second kappa shape index (κ2) is 6.00. The fourth-order valence-electron chi connectivity index (χ4n) is 2.71. The maximum absolute atomic E-state index is 13.4. The average molecular weight is 359 g/mol. The largest absolute Gasteiger partial charge is 0.449 e. The molecule has 25 heavy (non-hydrogen) atoms. The minimum absolute atomic E-state index is 0.0265. The lowest BCUT2D eigenvalue weighted by Crippen LogP contribution is -2.15. The van der Waals surface area contributed by atoms with Crippen molar-refractivity contribution in [3.05, 3.63) is 71.5 Å². The summed E-state index contributed by atoms with van der Waals surface area (Å²) in [6.45, 7) is 0.0265. The van der Waals surface area contributed by atoms with E-state index >= 15 is 0 Å². The molecule has 7 heteroatoms. The standard InChI is InChI=1S/C18H12F3N3S/c19-18(20,21)17-23-14-8-4-5-9-15(14)24(17)10-13-11-25-16(22-13)12-6-2-1-3-7-12/h1-9,11H,10H2. The summed E-state index contributed by atoms with van der Waals surface area (Å²) in [6, 6.07) is 16.2. The molecule has 0 bridgehead atoms. The van der Waals surface area contributed by atoms with Crippen molar-refractivity contribution in [3.63, 3.8) is 0 Å². The maximum Gasteiger partial charge on any atom is 0.449 e. The van der Waals surface area contributed by atoms with Crippen LogP contribution < -0.4 is 0 Å². The van der Waals surface area contributed by atoms with Crippen molar-refractivity contribution in [1.29, 1.82) is 0 Å². The Morgan fingerprint density at radius 3 is 2.40 bits per heavy atom. The Bertz CT molecular complexity index is 1020. The molecule has 0 N–H and O–H groups in total. The molecule has 0 atom stereocenters. The van der Waals surface area contributed by atoms with Crippen LogP contribution in [-0.2, 0) is 12.7 Å². The highest BCUT2D eigenvalue weighted by Gasteiger charge is 2.37. The molecule has 3 nitrogen and oxygen atoms in total. The molecule has 2 aromatic carbocycles. The van der Waals surface area contributed by atoms with Crippen LogP contribution in [0.5, 0.6) is 0 Å². The number of rotatable bonds is 3. The zero-order valence-corrected chi connectivity index (χ0v) is 13.7. The van der Waals surface area contributed by atoms with E-state index in [4.69, 9.17) is 0 Å². The van der Waals surface area contributed by atoms with E-state index in [9.17, 15) is 13.2 Å². The Balaban J connectivity index is 1.75. The smallest absolute Gasteiger partial charge is 0.314 e. The third kappa shape index (κ3) is 3.02. The van der Waals surface area contributed by atoms with Crippen molar-refractivity contribution in [2.45, 2.75) is 12.7 Å². The Kier molecular flexibility index (Phi) is 3.80. The first-order chi connectivity index (χ1) is 12.0. The van der Waals surface area contributed by atoms with Gasteiger partial charge in [0.05, 0.1) is 23.3 Å². The highest BCUT2D eigenvalue weighted by molar-refractivity contribution is 7.13. The number of alkyl halides is 3. The highest BCUT2D eigenvalue weighted by Crippen LogP contribution is 2.32. The molecular formula is C18H12F3N3S. The lowest BCUT2D eigenvalue weighted by Gasteiger charge is -2.10. The lowest BCUT2D eigenvalue weighted by molar-refractivity contribution is -0.146. The number of halogens is 3. The Hall–Kier alpha value is -2.67. The first-order valence-electron chi connectivity index (χ1n) is 7.54. The number of hydrogen-bond acceptors (Lipinski definition) is 3. The van der Waals surface area contributed by atoms with Crippen molar-refractivity contribution < 1.29 is 13.2 Å². The molecule has 0 aliphatic heterocycles. The molecule has 2 heterocycles. The topological polar surface area (TPSA) is 30.7 Å². The number of nitrogens with zero attached hydrogens (tertiary/aromatic N) is 3. The second-order valence-electron chi connectivity index (χ2n) is 5.52. The molecule has 0 saturated carbocycles. The summed E-state index contributed by atoms with van der Waals surface area (Å²) in [5, 5.41) is 2.57. The Labute approximate surface area is 145 Å². The molecule has 0 spiro atoms. The van der Waals surface area contributed by atoms with E-state index in [0.29, 0.717) is 16.7 Å². The molecule has 126 valence electrons. The van der Waals surface area contributed by atoms with E-state index in [-0.39, 0.29) is 6.54 Å². The molecule has 0 radical (unpaired) electrons. The fourth-order valence-corrected chi connectivity index (χ4v) is 3.52. The van der Waals surface area contributed by atoms with Crippen LogP contribution in [0.2, 0.25) is 0 Å². The van der Waals surface area contributed by atoms with E-state index < -0.39 is 12.0 Å². The van der Waals surface area contributed by atoms with Gasteiger partial charge in [-0.25, -0.2) is 9.97 Å². The third-order valence-corrected chi connectivity index (χ3v) is 4.74. The first-order valence-corrected chi connectivity index (χ1v) is 8.42. The number of thiazole rings is 1. The molecule has 0 unspecified atom stereocenters. The zero-order chi connectivity index (χ0) is 17.4. The van der Waals surface area contributed by atoms with Gasteiger partial charge in [0.25, 0.3) is 0 Å². The van der Waals surface area contributed by atoms with Gasteiger partial charge < -0.3 is 4.57 Å². The summed E-state index contributed by atoms with van der Waals surface area (Å²) in [6.07, 6.45) is -4.52. The average Bonchev–Trinajstić information content (AvgIpc) is 3.21. The zero-order valence-electron chi connectivity index (χ0n) is 12.9. The summed E-state index contributed by atoms with van der Waals surface area (Å²) in [5.74, 6) is -0.900. The van der Waals surface area contributed by atoms with Crippen LogP contribution in [-0.4, -0.2) is 14.5 Å². The van der Waals surface area contributed by atoms with E-state index in [1.54, 1.807) is 29.6 Å². The van der Waals surface area contributed by atoms with Gasteiger partial charge in [0.1, 0.15) is 5.01 Å². The van der Waals surface area contributed by atoms with E-state index in [1.165, 1.54) is 15.9 Å². The normalized spacial score (nSPS) is 12.0. The number of hydrogen-bond donors (Lipinski definition) is 0. The van der Waals surface area contributed by atoms with Crippen molar-refractivity contribution in [1.82, 2.24) is 14.5 Å². The van der Waals surface area contributed by atoms with Crippen LogP contribution in [0, 0.1) is 0 Å². The van der Waals surface area contributed by atoms with Crippen molar-refractivity contribution in [2.75, 3.05) is 0 Å². The maximum atomic E-state index is 13.4. The molecular weight excluding hydrogens is 347 g/mol. The number of imidazole rings is 1. The minimum atomic E-state index is -4.52. The van der Waals surface area contributed by atoms with Crippen LogP contribution in [0.3, 0.4) is 0 Å². The monoisotopic (exact) mass is 359 g/mol. The third-order valence-electron chi connectivity index (χ3n) is 3.80. The van der Waals surface area contributed by atoms with Crippen molar-refractivity contribution in [2.24, 2.45) is 0 Å². The van der Waals surface area contributed by atoms with Crippen LogP contribution in [0.4, 0.5) is 13.2 Å². The van der Waals surface area contributed by atoms with Crippen LogP contribution in [0.15, 0.2) is 60.0 Å². The van der Waals surface area contributed by atoms with Crippen LogP contribution in [0.25, 0.3) is 21.6 Å². The summed E-state index contributed by atoms with van der Waals surface area (Å²) < 4.78 is 41.3. The molecule has 0 aliphatic rings. The van der Waals surface area contributed by atoms with Crippen LogP contribution in [0.1, 0.15) is 11.5 Å². The Morgan fingerprint density at radius 2 is 1.64 bits per heavy atom. The Morgan fingerprint density at radius 1 is 0.920 bits per heavy atom. The lowest BCUT2D eigenvalue weighted by atomic mass is 10.2. The molecule has 4 aromatic rings. The second-order valence-corrected chi connectivity index (χ2v) is 6.38. The first kappa shape index (κ1) is 15.8. The molecule has 0 amide bonds. The fraction of sp³-hybridized carbons (Fsp3) is 0.111. The van der Waals surface area contributed by atoms with Gasteiger partial charge in [-0.05, 0) is 12.1 Å². The predicted molar refractivity (Wildman–Crippen MR) is 91.4 cm³/mol. The summed E-state index contributed by atoms with van der Waals surface area (Å²) >= 11 is 1.42. The summed E-state index contributed by atoms with van der Waals surface area (Å²) in [5.41, 5.74) is 2.31. The molecule has 0 aliphatic carbocycles. The predicted octanol–water partition coefficient (Wildman–Crippen LogP) is 5.23. The SMILES string of the molecule is FC(F)(F)c1nc2ccccc2n1Cc1csc(-c2ccccc2)n1. The van der Waals surface area contributed by atoms with Gasteiger partial charge in [-0.2, -0.15) is 13.2 Å². The van der Waals surface area contributed by atoms with Gasteiger partial charge in [0.2, 0.25) is 5.82 Å². The van der Waals surface area contributed by atoms with Crippen molar-refractivity contribution in [3.8, 4) is 10.6 Å². The molecule has 0 saturated heterocycles. The van der Waals surface area contributed by atoms with Gasteiger partial charge >= 0.3 is 6.18 Å². The quantitative estimate of drug-likeness (QED) is 0.502. The molecule has 0 fully saturated rings. The van der Waals surface area contributed by atoms with Crippen LogP contribution >= 0.6 is 11.3 Å². The van der Waals surface area contributed by atoms with E-state index in [2.05, 4.69) is 9.97 Å². The van der Waals surface area contributed by atoms with E-state index in [0.717, 1.165) is 10.6 Å². The molecule has 2 aromatic heterocycles. The van der Waals surface area contributed by atoms with Gasteiger partial charge in [-0.15, -0.1) is 11.3 Å². The number of benzene rings is 2. The van der Waals surface area contributed by atoms with Gasteiger partial charge in [-0.3, -0.25) is 0 Å². The van der Waals surface area contributed by atoms with E-state index in [1.807, 2.05) is 30.3 Å². The summed E-state index contributed by atoms with van der Waals surface area (Å²) in [7, 11) is 0. The molecule has 4 rings (SSSR count). The van der Waals surface area contributed by atoms with Gasteiger partial charge in [0.15, 0.2) is 0 Å². The van der Waals surface area contributed by atoms with Crippen molar-refractivity contribution >= 4 is 22.4 Å². The number of aromatic nitrogens is 3. The number of fused-ring (bicyclic) bond motifs is 1. The highest BCUT2D eigenvalue weighted by atomic mass is 32.1. The number of para-hydroxylation sites is 2. The van der Waals surface area contributed by atoms with Gasteiger partial charge in [0, 0.05) is 10.9 Å². The van der Waals surface area contributed by atoms with Gasteiger partial charge in [-0.1, -0.05) is 42.5 Å².